The van der Waals surface area contributed by atoms with E-state index in [1.54, 1.807) is 25.1 Å². The van der Waals surface area contributed by atoms with Gasteiger partial charge in [-0.15, -0.1) is 0 Å². The summed E-state index contributed by atoms with van der Waals surface area (Å²) in [6, 6.07) is 8.07. The van der Waals surface area contributed by atoms with E-state index in [1.807, 2.05) is 0 Å². The van der Waals surface area contributed by atoms with Crippen molar-refractivity contribution in [1.29, 1.82) is 0 Å². The number of rotatable bonds is 8. The highest BCUT2D eigenvalue weighted by atomic mass is 32.1. The molecule has 176 valence electrons. The van der Waals surface area contributed by atoms with Crippen LogP contribution in [0.3, 0.4) is 0 Å². The Morgan fingerprint density at radius 3 is 2.82 bits per heavy atom. The van der Waals surface area contributed by atoms with E-state index in [0.717, 1.165) is 31.0 Å². The van der Waals surface area contributed by atoms with Crippen LogP contribution < -0.4 is 10.1 Å². The number of carbonyl (C=O) groups is 1. The zero-order valence-corrected chi connectivity index (χ0v) is 19.3. The van der Waals surface area contributed by atoms with Gasteiger partial charge in [0.15, 0.2) is 0 Å². The number of anilines is 1. The number of ether oxygens (including phenoxy) is 1. The van der Waals surface area contributed by atoms with E-state index >= 15 is 0 Å². The molecule has 3 aromatic rings. The van der Waals surface area contributed by atoms with Crippen LogP contribution in [0.1, 0.15) is 48.1 Å². The number of benzene rings is 1. The van der Waals surface area contributed by atoms with E-state index < -0.39 is 6.61 Å². The number of aromatic nitrogens is 2. The Morgan fingerprint density at radius 1 is 1.27 bits per heavy atom. The number of likely N-dealkylation sites (tertiary alicyclic amines) is 1. The minimum Gasteiger partial charge on any atom is -0.461 e. The normalized spacial score (nSPS) is 15.5. The second-order valence-electron chi connectivity index (χ2n) is 8.11. The zero-order chi connectivity index (χ0) is 23.4. The molecule has 0 saturated carbocycles. The summed E-state index contributed by atoms with van der Waals surface area (Å²) in [4.78, 5) is 19.7. The number of hydrogen-bond donors (Lipinski definition) is 1. The molecule has 1 aliphatic rings. The summed E-state index contributed by atoms with van der Waals surface area (Å²) in [5.41, 5.74) is 0.865. The van der Waals surface area contributed by atoms with Gasteiger partial charge in [0.25, 0.3) is 5.91 Å². The smallest absolute Gasteiger partial charge is 0.387 e. The van der Waals surface area contributed by atoms with Gasteiger partial charge in [-0.2, -0.15) is 13.2 Å². The quantitative estimate of drug-likeness (QED) is 0.470. The van der Waals surface area contributed by atoms with Crippen molar-refractivity contribution in [2.45, 2.75) is 52.2 Å². The minimum atomic E-state index is -2.92. The molecule has 1 aliphatic heterocycles. The second-order valence-corrected chi connectivity index (χ2v) is 8.86. The lowest BCUT2D eigenvalue weighted by Crippen LogP contribution is -2.38. The van der Waals surface area contributed by atoms with Gasteiger partial charge in [-0.1, -0.05) is 18.6 Å². The summed E-state index contributed by atoms with van der Waals surface area (Å²) in [7, 11) is 0. The van der Waals surface area contributed by atoms with E-state index in [2.05, 4.69) is 31.2 Å². The largest absolute Gasteiger partial charge is 0.461 e. The molecule has 0 aliphatic carbocycles. The molecule has 1 unspecified atom stereocenters. The van der Waals surface area contributed by atoms with Crippen molar-refractivity contribution in [1.82, 2.24) is 14.3 Å². The van der Waals surface area contributed by atoms with Gasteiger partial charge in [0.05, 0.1) is 5.56 Å². The summed E-state index contributed by atoms with van der Waals surface area (Å²) in [5, 5.41) is 3.21. The second kappa shape index (κ2) is 10.4. The predicted molar refractivity (Wildman–Crippen MR) is 122 cm³/mol. The lowest BCUT2D eigenvalue weighted by Gasteiger charge is -2.31. The Balaban J connectivity index is 1.41. The number of nitrogens with one attached hydrogen (secondary N) is 1. The fourth-order valence-corrected chi connectivity index (χ4v) is 4.57. The number of piperidine rings is 1. The van der Waals surface area contributed by atoms with E-state index in [4.69, 9.17) is 4.42 Å². The molecule has 2 aromatic heterocycles. The number of nitrogens with zero attached hydrogens (tertiary/aromatic N) is 3. The van der Waals surface area contributed by atoms with Crippen molar-refractivity contribution >= 4 is 22.6 Å². The van der Waals surface area contributed by atoms with Gasteiger partial charge in [0, 0.05) is 29.6 Å². The molecule has 4 rings (SSSR count). The van der Waals surface area contributed by atoms with Gasteiger partial charge in [-0.05, 0) is 58.0 Å². The number of aryl methyl sites for hydroxylation is 1. The van der Waals surface area contributed by atoms with Crippen LogP contribution in [0.2, 0.25) is 0 Å². The van der Waals surface area contributed by atoms with Crippen LogP contribution in [0.15, 0.2) is 34.7 Å². The van der Waals surface area contributed by atoms with Crippen LogP contribution in [0, 0.1) is 6.92 Å². The third-order valence-corrected chi connectivity index (χ3v) is 6.35. The monoisotopic (exact) mass is 476 g/mol. The van der Waals surface area contributed by atoms with Crippen molar-refractivity contribution in [3.63, 3.8) is 0 Å². The summed E-state index contributed by atoms with van der Waals surface area (Å²) < 4.78 is 39.5. The average Bonchev–Trinajstić information content (AvgIpc) is 3.40. The lowest BCUT2D eigenvalue weighted by molar-refractivity contribution is -0.0498. The van der Waals surface area contributed by atoms with Crippen molar-refractivity contribution in [2.24, 2.45) is 0 Å². The average molecular weight is 477 g/mol. The molecular weight excluding hydrogens is 450 g/mol. The molecule has 1 amide bonds. The molecule has 10 heteroatoms. The van der Waals surface area contributed by atoms with Gasteiger partial charge in [0.1, 0.15) is 23.1 Å². The maximum Gasteiger partial charge on any atom is 0.387 e. The van der Waals surface area contributed by atoms with E-state index in [0.29, 0.717) is 39.6 Å². The van der Waals surface area contributed by atoms with Crippen LogP contribution in [0.25, 0.3) is 11.3 Å². The van der Waals surface area contributed by atoms with Crippen molar-refractivity contribution in [2.75, 3.05) is 18.4 Å². The standard InChI is InChI=1S/C23H26F2N4O3S/c1-14(29-9-4-3-5-10-29)11-20-26-23(33-28-20)27-21(30)18-13-19(31-15(18)2)16-7-6-8-17(12-16)32-22(24)25/h6-8,12-14,22H,3-5,9-11H2,1-2H3,(H,26,27,28,30). The maximum atomic E-state index is 12.8. The molecule has 7 nitrogen and oxygen atoms in total. The first-order valence-corrected chi connectivity index (χ1v) is 11.7. The van der Waals surface area contributed by atoms with E-state index in [9.17, 15) is 13.6 Å². The van der Waals surface area contributed by atoms with Crippen LogP contribution in [0.5, 0.6) is 5.75 Å². The molecule has 0 bridgehead atoms. The van der Waals surface area contributed by atoms with Crippen molar-refractivity contribution < 1.29 is 22.7 Å². The number of amides is 1. The van der Waals surface area contributed by atoms with Crippen LogP contribution >= 0.6 is 11.5 Å². The Morgan fingerprint density at radius 2 is 2.06 bits per heavy atom. The fraction of sp³-hybridized carbons (Fsp3) is 0.435. The van der Waals surface area contributed by atoms with E-state index in [1.165, 1.54) is 31.4 Å². The first-order valence-electron chi connectivity index (χ1n) is 10.9. The number of halogens is 2. The summed E-state index contributed by atoms with van der Waals surface area (Å²) in [6.07, 6.45) is 4.48. The number of alkyl halides is 2. The first kappa shape index (κ1) is 23.3. The molecule has 1 N–H and O–H groups in total. The Bertz CT molecular complexity index is 1100. The third-order valence-electron chi connectivity index (χ3n) is 5.69. The molecular formula is C23H26F2N4O3S. The molecule has 1 fully saturated rings. The molecule has 1 atom stereocenters. The highest BCUT2D eigenvalue weighted by Crippen LogP contribution is 2.29. The Labute approximate surface area is 194 Å². The highest BCUT2D eigenvalue weighted by molar-refractivity contribution is 7.09. The van der Waals surface area contributed by atoms with Crippen LogP contribution in [0.4, 0.5) is 13.9 Å². The molecule has 1 saturated heterocycles. The first-order chi connectivity index (χ1) is 15.9. The topological polar surface area (TPSA) is 80.5 Å². The Hall–Kier alpha value is -2.85. The molecule has 33 heavy (non-hydrogen) atoms. The van der Waals surface area contributed by atoms with Gasteiger partial charge in [-0.25, -0.2) is 4.98 Å². The van der Waals surface area contributed by atoms with Crippen molar-refractivity contribution in [3.05, 3.63) is 47.5 Å². The number of carbonyl (C=O) groups excluding carboxylic acids is 1. The molecule has 3 heterocycles. The van der Waals surface area contributed by atoms with Gasteiger partial charge >= 0.3 is 6.61 Å². The summed E-state index contributed by atoms with van der Waals surface area (Å²) >= 11 is 1.15. The minimum absolute atomic E-state index is 0.0164. The fourth-order valence-electron chi connectivity index (χ4n) is 3.98. The molecule has 1 aromatic carbocycles. The SMILES string of the molecule is Cc1oc(-c2cccc(OC(F)F)c2)cc1C(=O)Nc1nc(CC(C)N2CCCCC2)ns1. The van der Waals surface area contributed by atoms with E-state index in [-0.39, 0.29) is 11.7 Å². The summed E-state index contributed by atoms with van der Waals surface area (Å²) in [5.74, 6) is 1.16. The summed E-state index contributed by atoms with van der Waals surface area (Å²) in [6.45, 7) is 3.15. The zero-order valence-electron chi connectivity index (χ0n) is 18.5. The number of hydrogen-bond acceptors (Lipinski definition) is 7. The van der Waals surface area contributed by atoms with Gasteiger partial charge in [0.2, 0.25) is 5.13 Å². The maximum absolute atomic E-state index is 12.8. The van der Waals surface area contributed by atoms with Gasteiger partial charge < -0.3 is 14.1 Å². The lowest BCUT2D eigenvalue weighted by atomic mass is 10.1. The molecule has 0 radical (unpaired) electrons. The predicted octanol–water partition coefficient (Wildman–Crippen LogP) is 5.38. The highest BCUT2D eigenvalue weighted by Gasteiger charge is 2.21. The third kappa shape index (κ3) is 5.94. The van der Waals surface area contributed by atoms with Crippen molar-refractivity contribution in [3.8, 4) is 17.1 Å². The Kier molecular flexibility index (Phi) is 7.34. The van der Waals surface area contributed by atoms with Gasteiger partial charge in [-0.3, -0.25) is 10.1 Å². The van der Waals surface area contributed by atoms with Crippen LogP contribution in [-0.2, 0) is 6.42 Å². The molecule has 0 spiro atoms. The van der Waals surface area contributed by atoms with Crippen LogP contribution in [-0.4, -0.2) is 45.9 Å². The number of furan rings is 1.